The largest absolute Gasteiger partial charge is 0.397 e. The van der Waals surface area contributed by atoms with E-state index in [1.54, 1.807) is 6.07 Å². The summed E-state index contributed by atoms with van der Waals surface area (Å²) in [6, 6.07) is 8.54. The molecule has 0 bridgehead atoms. The molecule has 0 aliphatic carbocycles. The van der Waals surface area contributed by atoms with Crippen LogP contribution in [0, 0.1) is 9.64 Å². The molecule has 1 rings (SSSR count). The van der Waals surface area contributed by atoms with E-state index in [0.717, 1.165) is 9.26 Å². The maximum atomic E-state index is 5.46. The van der Waals surface area contributed by atoms with E-state index in [4.69, 9.17) is 5.73 Å². The number of halogens is 1. The Hall–Kier alpha value is -0.250. The predicted octanol–water partition coefficient (Wildman–Crippen LogP) is 1.67. The van der Waals surface area contributed by atoms with Gasteiger partial charge in [0.25, 0.3) is 0 Å². The van der Waals surface area contributed by atoms with Gasteiger partial charge in [-0.3, -0.25) is 0 Å². The molecule has 0 amide bonds. The van der Waals surface area contributed by atoms with Crippen molar-refractivity contribution in [3.8, 4) is 0 Å². The van der Waals surface area contributed by atoms with Crippen LogP contribution in [0.15, 0.2) is 18.2 Å². The minimum atomic E-state index is 0.730. The molecule has 0 aliphatic rings. The van der Waals surface area contributed by atoms with Crippen molar-refractivity contribution in [1.29, 1.82) is 0 Å². The molecule has 0 saturated heterocycles. The Morgan fingerprint density at radius 3 is 2.75 bits per heavy atom. The van der Waals surface area contributed by atoms with Crippen molar-refractivity contribution >= 4 is 28.3 Å². The number of nitrogen functional groups attached to an aromatic ring is 1. The van der Waals surface area contributed by atoms with Crippen molar-refractivity contribution in [2.75, 3.05) is 5.73 Å². The van der Waals surface area contributed by atoms with Crippen LogP contribution in [0.2, 0.25) is 0 Å². The minimum absolute atomic E-state index is 0.730. The van der Waals surface area contributed by atoms with E-state index in [1.165, 1.54) is 0 Å². The zero-order chi connectivity index (χ0) is 5.98. The molecule has 0 saturated carbocycles. The van der Waals surface area contributed by atoms with Gasteiger partial charge < -0.3 is 5.73 Å². The number of anilines is 1. The molecule has 0 heterocycles. The molecule has 0 aromatic heterocycles. The molecule has 0 unspecified atom stereocenters. The SMILES string of the molecule is Nc1[c]cccc1I. The van der Waals surface area contributed by atoms with Crippen molar-refractivity contribution in [3.63, 3.8) is 0 Å². The minimum Gasteiger partial charge on any atom is -0.397 e. The summed E-state index contributed by atoms with van der Waals surface area (Å²) in [6.45, 7) is 0. The Morgan fingerprint density at radius 2 is 2.38 bits per heavy atom. The van der Waals surface area contributed by atoms with E-state index < -0.39 is 0 Å². The van der Waals surface area contributed by atoms with Gasteiger partial charge in [0.1, 0.15) is 0 Å². The van der Waals surface area contributed by atoms with Gasteiger partial charge in [-0.1, -0.05) is 12.1 Å². The highest BCUT2D eigenvalue weighted by Gasteiger charge is 1.87. The standard InChI is InChI=1S/C6H5IN/c7-5-3-1-2-4-6(5)8/h1-3H,8H2. The van der Waals surface area contributed by atoms with Crippen LogP contribution in [0.5, 0.6) is 0 Å². The molecule has 0 fully saturated rings. The van der Waals surface area contributed by atoms with Crippen molar-refractivity contribution in [2.45, 2.75) is 0 Å². The van der Waals surface area contributed by atoms with Gasteiger partial charge in [0.15, 0.2) is 0 Å². The van der Waals surface area contributed by atoms with Gasteiger partial charge in [0.2, 0.25) is 0 Å². The van der Waals surface area contributed by atoms with E-state index in [9.17, 15) is 0 Å². The fourth-order valence-electron chi connectivity index (χ4n) is 0.429. The van der Waals surface area contributed by atoms with Crippen molar-refractivity contribution in [3.05, 3.63) is 27.8 Å². The highest BCUT2D eigenvalue weighted by Crippen LogP contribution is 2.10. The summed E-state index contributed by atoms with van der Waals surface area (Å²) >= 11 is 2.17. The summed E-state index contributed by atoms with van der Waals surface area (Å²) in [4.78, 5) is 0. The highest BCUT2D eigenvalue weighted by atomic mass is 127. The van der Waals surface area contributed by atoms with Crippen LogP contribution in [0.1, 0.15) is 0 Å². The highest BCUT2D eigenvalue weighted by molar-refractivity contribution is 14.1. The van der Waals surface area contributed by atoms with E-state index >= 15 is 0 Å². The second-order valence-corrected chi connectivity index (χ2v) is 2.59. The summed E-state index contributed by atoms with van der Waals surface area (Å²) in [5, 5.41) is 0. The maximum Gasteiger partial charge on any atom is 0.0530 e. The Bertz CT molecular complexity index is 165. The maximum absolute atomic E-state index is 5.46. The van der Waals surface area contributed by atoms with Crippen LogP contribution in [-0.2, 0) is 0 Å². The molecule has 1 aromatic rings. The lowest BCUT2D eigenvalue weighted by Gasteiger charge is -1.91. The third kappa shape index (κ3) is 1.12. The molecular weight excluding hydrogens is 213 g/mol. The van der Waals surface area contributed by atoms with Crippen LogP contribution in [-0.4, -0.2) is 0 Å². The summed E-state index contributed by atoms with van der Waals surface area (Å²) in [5.41, 5.74) is 6.19. The molecule has 0 aliphatic heterocycles. The fraction of sp³-hybridized carbons (Fsp3) is 0. The summed E-state index contributed by atoms with van der Waals surface area (Å²) in [7, 11) is 0. The van der Waals surface area contributed by atoms with Crippen LogP contribution in [0.4, 0.5) is 5.69 Å². The zero-order valence-corrected chi connectivity index (χ0v) is 6.34. The monoisotopic (exact) mass is 218 g/mol. The van der Waals surface area contributed by atoms with E-state index in [-0.39, 0.29) is 0 Å². The number of benzene rings is 1. The smallest absolute Gasteiger partial charge is 0.0530 e. The molecule has 41 valence electrons. The number of rotatable bonds is 0. The van der Waals surface area contributed by atoms with Gasteiger partial charge in [0, 0.05) is 9.64 Å². The first-order valence-corrected chi connectivity index (χ1v) is 3.30. The quantitative estimate of drug-likeness (QED) is 0.520. The molecule has 8 heavy (non-hydrogen) atoms. The molecule has 1 aromatic carbocycles. The third-order valence-electron chi connectivity index (χ3n) is 0.835. The molecule has 2 heteroatoms. The fourth-order valence-corrected chi connectivity index (χ4v) is 0.793. The first-order chi connectivity index (χ1) is 3.80. The number of nitrogens with two attached hydrogens (primary N) is 1. The summed E-state index contributed by atoms with van der Waals surface area (Å²) in [6.07, 6.45) is 0. The van der Waals surface area contributed by atoms with Gasteiger partial charge in [-0.15, -0.1) is 0 Å². The first kappa shape index (κ1) is 5.88. The molecular formula is C6H5IN. The van der Waals surface area contributed by atoms with Crippen LogP contribution in [0.3, 0.4) is 0 Å². The lowest BCUT2D eigenvalue weighted by molar-refractivity contribution is 1.62. The van der Waals surface area contributed by atoms with Crippen molar-refractivity contribution < 1.29 is 0 Å². The summed E-state index contributed by atoms with van der Waals surface area (Å²) < 4.78 is 1.06. The van der Waals surface area contributed by atoms with Gasteiger partial charge >= 0.3 is 0 Å². The van der Waals surface area contributed by atoms with Crippen LogP contribution >= 0.6 is 22.6 Å². The molecule has 0 atom stereocenters. The summed E-state index contributed by atoms with van der Waals surface area (Å²) in [5.74, 6) is 0. The van der Waals surface area contributed by atoms with E-state index in [1.807, 2.05) is 12.1 Å². The lowest BCUT2D eigenvalue weighted by atomic mass is 10.3. The lowest BCUT2D eigenvalue weighted by Crippen LogP contribution is -1.86. The Kier molecular flexibility index (Phi) is 1.73. The van der Waals surface area contributed by atoms with Gasteiger partial charge in [-0.2, -0.15) is 0 Å². The molecule has 1 radical (unpaired) electrons. The van der Waals surface area contributed by atoms with Gasteiger partial charge in [-0.25, -0.2) is 0 Å². The second-order valence-electron chi connectivity index (χ2n) is 1.43. The predicted molar refractivity (Wildman–Crippen MR) is 42.4 cm³/mol. The van der Waals surface area contributed by atoms with E-state index in [0.29, 0.717) is 0 Å². The molecule has 1 nitrogen and oxygen atoms in total. The Morgan fingerprint density at radius 1 is 1.62 bits per heavy atom. The number of hydrogen-bond acceptors (Lipinski definition) is 1. The topological polar surface area (TPSA) is 26.0 Å². The Balaban J connectivity index is 3.13. The van der Waals surface area contributed by atoms with Crippen molar-refractivity contribution in [2.24, 2.45) is 0 Å². The van der Waals surface area contributed by atoms with E-state index in [2.05, 4.69) is 28.7 Å². The normalized spacial score (nSPS) is 9.12. The first-order valence-electron chi connectivity index (χ1n) is 2.22. The third-order valence-corrected chi connectivity index (χ3v) is 1.78. The van der Waals surface area contributed by atoms with Crippen LogP contribution < -0.4 is 5.73 Å². The van der Waals surface area contributed by atoms with Gasteiger partial charge in [-0.05, 0) is 28.7 Å². The zero-order valence-electron chi connectivity index (χ0n) is 4.19. The number of hydrogen-bond donors (Lipinski definition) is 1. The van der Waals surface area contributed by atoms with Crippen molar-refractivity contribution in [1.82, 2.24) is 0 Å². The number of para-hydroxylation sites is 1. The Labute approximate surface area is 62.0 Å². The average Bonchev–Trinajstić information content (AvgIpc) is 1.77. The van der Waals surface area contributed by atoms with Gasteiger partial charge in [0.05, 0.1) is 5.69 Å². The molecule has 2 N–H and O–H groups in total. The van der Waals surface area contributed by atoms with Crippen LogP contribution in [0.25, 0.3) is 0 Å². The molecule has 0 spiro atoms. The second kappa shape index (κ2) is 2.35. The average molecular weight is 218 g/mol.